The Morgan fingerprint density at radius 1 is 1.35 bits per heavy atom. The number of rotatable bonds is 3. The lowest BCUT2D eigenvalue weighted by molar-refractivity contribution is 0.365. The molecule has 3 heterocycles. The first-order valence-corrected chi connectivity index (χ1v) is 5.67. The Balaban J connectivity index is 1.71. The molecule has 0 atom stereocenters. The predicted octanol–water partition coefficient (Wildman–Crippen LogP) is 0.497. The molecular weight excluding hydrogens is 220 g/mol. The predicted molar refractivity (Wildman–Crippen MR) is 61.5 cm³/mol. The van der Waals surface area contributed by atoms with Gasteiger partial charge >= 0.3 is 0 Å². The molecule has 3 rings (SSSR count). The Morgan fingerprint density at radius 3 is 2.88 bits per heavy atom. The third-order valence-corrected chi connectivity index (χ3v) is 2.80. The zero-order chi connectivity index (χ0) is 11.7. The highest BCUT2D eigenvalue weighted by atomic mass is 16.5. The smallest absolute Gasteiger partial charge is 0.266 e. The molecule has 17 heavy (non-hydrogen) atoms. The van der Waals surface area contributed by atoms with Crippen molar-refractivity contribution >= 4 is 11.6 Å². The summed E-state index contributed by atoms with van der Waals surface area (Å²) in [5.41, 5.74) is 6.21. The van der Waals surface area contributed by atoms with E-state index in [0.29, 0.717) is 24.1 Å². The average molecular weight is 234 g/mol. The Kier molecular flexibility index (Phi) is 2.43. The summed E-state index contributed by atoms with van der Waals surface area (Å²) in [6.07, 6.45) is 5.72. The summed E-state index contributed by atoms with van der Waals surface area (Å²) in [4.78, 5) is 6.47. The van der Waals surface area contributed by atoms with Gasteiger partial charge in [0.05, 0.1) is 11.9 Å². The van der Waals surface area contributed by atoms with Crippen molar-refractivity contribution in [3.05, 3.63) is 18.3 Å². The monoisotopic (exact) mass is 234 g/mol. The van der Waals surface area contributed by atoms with E-state index in [0.717, 1.165) is 13.1 Å². The SMILES string of the molecule is Nc1cnn(Cc2nc(N3CCCC3)no2)c1. The summed E-state index contributed by atoms with van der Waals surface area (Å²) in [5.74, 6) is 1.23. The van der Waals surface area contributed by atoms with E-state index in [2.05, 4.69) is 20.1 Å². The molecule has 0 amide bonds. The van der Waals surface area contributed by atoms with Crippen LogP contribution in [0.2, 0.25) is 0 Å². The first-order chi connectivity index (χ1) is 8.31. The fraction of sp³-hybridized carbons (Fsp3) is 0.500. The minimum Gasteiger partial charge on any atom is -0.396 e. The van der Waals surface area contributed by atoms with Crippen LogP contribution < -0.4 is 10.6 Å². The molecule has 0 radical (unpaired) electrons. The second-order valence-corrected chi connectivity index (χ2v) is 4.15. The number of nitrogens with two attached hydrogens (primary N) is 1. The second kappa shape index (κ2) is 4.08. The van der Waals surface area contributed by atoms with Gasteiger partial charge in [-0.15, -0.1) is 0 Å². The molecule has 2 N–H and O–H groups in total. The van der Waals surface area contributed by atoms with Gasteiger partial charge in [0, 0.05) is 19.3 Å². The highest BCUT2D eigenvalue weighted by Crippen LogP contribution is 2.16. The van der Waals surface area contributed by atoms with Crippen molar-refractivity contribution in [1.29, 1.82) is 0 Å². The molecule has 0 aromatic carbocycles. The maximum atomic E-state index is 5.58. The minimum atomic E-state index is 0.456. The zero-order valence-corrected chi connectivity index (χ0v) is 9.41. The van der Waals surface area contributed by atoms with Crippen molar-refractivity contribution in [3.63, 3.8) is 0 Å². The molecule has 1 aliphatic heterocycles. The molecule has 1 saturated heterocycles. The van der Waals surface area contributed by atoms with Gasteiger partial charge in [-0.2, -0.15) is 10.1 Å². The average Bonchev–Trinajstić information content (AvgIpc) is 3.00. The topological polar surface area (TPSA) is 86.0 Å². The molecule has 0 unspecified atom stereocenters. The van der Waals surface area contributed by atoms with Crippen LogP contribution in [0.5, 0.6) is 0 Å². The standard InChI is InChI=1S/C10H14N6O/c11-8-5-12-16(6-8)7-9-13-10(14-17-9)15-3-1-2-4-15/h5-6H,1-4,7,11H2. The first-order valence-electron chi connectivity index (χ1n) is 5.67. The van der Waals surface area contributed by atoms with E-state index in [1.54, 1.807) is 17.1 Å². The molecular formula is C10H14N6O. The van der Waals surface area contributed by atoms with Crippen molar-refractivity contribution in [3.8, 4) is 0 Å². The molecule has 0 saturated carbocycles. The summed E-state index contributed by atoms with van der Waals surface area (Å²) >= 11 is 0. The van der Waals surface area contributed by atoms with Crippen molar-refractivity contribution in [2.75, 3.05) is 23.7 Å². The van der Waals surface area contributed by atoms with Gasteiger partial charge in [0.2, 0.25) is 5.89 Å². The quantitative estimate of drug-likeness (QED) is 0.832. The van der Waals surface area contributed by atoms with E-state index in [1.165, 1.54) is 12.8 Å². The minimum absolute atomic E-state index is 0.456. The number of hydrogen-bond donors (Lipinski definition) is 1. The molecule has 2 aromatic rings. The van der Waals surface area contributed by atoms with Crippen LogP contribution in [0.25, 0.3) is 0 Å². The summed E-state index contributed by atoms with van der Waals surface area (Å²) in [7, 11) is 0. The lowest BCUT2D eigenvalue weighted by Gasteiger charge is -2.09. The van der Waals surface area contributed by atoms with Crippen LogP contribution in [0.15, 0.2) is 16.9 Å². The van der Waals surface area contributed by atoms with E-state index in [1.807, 2.05) is 0 Å². The number of nitrogens with zero attached hydrogens (tertiary/aromatic N) is 5. The maximum absolute atomic E-state index is 5.58. The van der Waals surface area contributed by atoms with E-state index in [-0.39, 0.29) is 0 Å². The molecule has 0 bridgehead atoms. The number of aromatic nitrogens is 4. The molecule has 7 heteroatoms. The first kappa shape index (κ1) is 10.1. The van der Waals surface area contributed by atoms with Crippen molar-refractivity contribution in [2.45, 2.75) is 19.4 Å². The van der Waals surface area contributed by atoms with Gasteiger partial charge in [0.1, 0.15) is 6.54 Å². The Labute approximate surface area is 98.2 Å². The summed E-state index contributed by atoms with van der Waals surface area (Å²) in [6.45, 7) is 2.47. The number of hydrogen-bond acceptors (Lipinski definition) is 6. The highest BCUT2D eigenvalue weighted by Gasteiger charge is 2.18. The Morgan fingerprint density at radius 2 is 2.18 bits per heavy atom. The lowest BCUT2D eigenvalue weighted by atomic mass is 10.4. The molecule has 0 spiro atoms. The molecule has 1 fully saturated rings. The molecule has 90 valence electrons. The van der Waals surface area contributed by atoms with Crippen LogP contribution in [-0.2, 0) is 6.54 Å². The van der Waals surface area contributed by atoms with Crippen LogP contribution in [0.1, 0.15) is 18.7 Å². The van der Waals surface area contributed by atoms with Crippen molar-refractivity contribution in [1.82, 2.24) is 19.9 Å². The van der Waals surface area contributed by atoms with E-state index in [4.69, 9.17) is 10.3 Å². The van der Waals surface area contributed by atoms with E-state index < -0.39 is 0 Å². The van der Waals surface area contributed by atoms with Crippen LogP contribution >= 0.6 is 0 Å². The summed E-state index contributed by atoms with van der Waals surface area (Å²) in [6, 6.07) is 0. The normalized spacial score (nSPS) is 15.6. The largest absolute Gasteiger partial charge is 0.396 e. The Bertz CT molecular complexity index is 498. The molecule has 2 aromatic heterocycles. The van der Waals surface area contributed by atoms with Gasteiger partial charge < -0.3 is 15.2 Å². The van der Waals surface area contributed by atoms with Gasteiger partial charge in [0.25, 0.3) is 5.95 Å². The van der Waals surface area contributed by atoms with Gasteiger partial charge in [-0.25, -0.2) is 0 Å². The molecule has 0 aliphatic carbocycles. The second-order valence-electron chi connectivity index (χ2n) is 4.15. The molecule has 1 aliphatic rings. The maximum Gasteiger partial charge on any atom is 0.266 e. The van der Waals surface area contributed by atoms with Crippen molar-refractivity contribution in [2.24, 2.45) is 0 Å². The number of nitrogen functional groups attached to an aromatic ring is 1. The highest BCUT2D eigenvalue weighted by molar-refractivity contribution is 5.31. The van der Waals surface area contributed by atoms with Gasteiger partial charge in [-0.1, -0.05) is 0 Å². The Hall–Kier alpha value is -2.05. The van der Waals surface area contributed by atoms with Crippen LogP contribution in [0.4, 0.5) is 11.6 Å². The summed E-state index contributed by atoms with van der Waals surface area (Å²) in [5, 5.41) is 8.04. The van der Waals surface area contributed by atoms with Crippen LogP contribution in [0.3, 0.4) is 0 Å². The van der Waals surface area contributed by atoms with Gasteiger partial charge in [-0.3, -0.25) is 4.68 Å². The van der Waals surface area contributed by atoms with E-state index >= 15 is 0 Å². The zero-order valence-electron chi connectivity index (χ0n) is 9.41. The third kappa shape index (κ3) is 2.08. The van der Waals surface area contributed by atoms with Crippen molar-refractivity contribution < 1.29 is 4.52 Å². The molecule has 7 nitrogen and oxygen atoms in total. The van der Waals surface area contributed by atoms with E-state index in [9.17, 15) is 0 Å². The fourth-order valence-corrected chi connectivity index (χ4v) is 1.96. The number of anilines is 2. The summed E-state index contributed by atoms with van der Waals surface area (Å²) < 4.78 is 6.86. The van der Waals surface area contributed by atoms with Crippen LogP contribution in [-0.4, -0.2) is 33.0 Å². The lowest BCUT2D eigenvalue weighted by Crippen LogP contribution is -2.18. The van der Waals surface area contributed by atoms with Gasteiger partial charge in [-0.05, 0) is 18.0 Å². The fourth-order valence-electron chi connectivity index (χ4n) is 1.96. The third-order valence-electron chi connectivity index (χ3n) is 2.80. The van der Waals surface area contributed by atoms with Gasteiger partial charge in [0.15, 0.2) is 0 Å². The van der Waals surface area contributed by atoms with Crippen LogP contribution in [0, 0.1) is 0 Å².